The SMILES string of the molecule is CCCNC(C)(CCO)c1cccc(OC(F)F)c1. The second-order valence-electron chi connectivity index (χ2n) is 4.64. The maximum atomic E-state index is 12.2. The largest absolute Gasteiger partial charge is 0.435 e. The molecule has 0 aromatic heterocycles. The lowest BCUT2D eigenvalue weighted by Gasteiger charge is -2.31. The first-order chi connectivity index (χ1) is 9.01. The summed E-state index contributed by atoms with van der Waals surface area (Å²) in [5.74, 6) is 0.134. The normalized spacial score (nSPS) is 14.4. The van der Waals surface area contributed by atoms with Crippen molar-refractivity contribution in [1.29, 1.82) is 0 Å². The molecular formula is C14H21F2NO2. The average molecular weight is 273 g/mol. The molecule has 2 N–H and O–H groups in total. The number of ether oxygens (including phenoxy) is 1. The molecular weight excluding hydrogens is 252 g/mol. The highest BCUT2D eigenvalue weighted by atomic mass is 19.3. The number of hydrogen-bond donors (Lipinski definition) is 2. The van der Waals surface area contributed by atoms with Crippen LogP contribution in [0, 0.1) is 0 Å². The molecule has 1 rings (SSSR count). The number of nitrogens with one attached hydrogen (secondary N) is 1. The van der Waals surface area contributed by atoms with Crippen LogP contribution in [0.25, 0.3) is 0 Å². The van der Waals surface area contributed by atoms with Crippen LogP contribution in [0.3, 0.4) is 0 Å². The van der Waals surface area contributed by atoms with Crippen LogP contribution in [0.15, 0.2) is 24.3 Å². The Labute approximate surface area is 112 Å². The van der Waals surface area contributed by atoms with Crippen molar-refractivity contribution in [3.63, 3.8) is 0 Å². The lowest BCUT2D eigenvalue weighted by Crippen LogP contribution is -2.40. The molecule has 0 bridgehead atoms. The summed E-state index contributed by atoms with van der Waals surface area (Å²) < 4.78 is 28.9. The predicted octanol–water partition coefficient (Wildman–Crippen LogP) is 2.89. The van der Waals surface area contributed by atoms with E-state index in [0.29, 0.717) is 6.42 Å². The van der Waals surface area contributed by atoms with E-state index in [4.69, 9.17) is 0 Å². The molecule has 0 spiro atoms. The van der Waals surface area contributed by atoms with E-state index in [1.165, 1.54) is 6.07 Å². The monoisotopic (exact) mass is 273 g/mol. The van der Waals surface area contributed by atoms with Crippen LogP contribution >= 0.6 is 0 Å². The summed E-state index contributed by atoms with van der Waals surface area (Å²) in [6.07, 6.45) is 1.46. The fourth-order valence-corrected chi connectivity index (χ4v) is 1.97. The Morgan fingerprint density at radius 1 is 1.42 bits per heavy atom. The molecule has 1 atom stereocenters. The molecule has 0 fully saturated rings. The zero-order valence-corrected chi connectivity index (χ0v) is 11.3. The molecule has 5 heteroatoms. The van der Waals surface area contributed by atoms with E-state index in [0.717, 1.165) is 18.5 Å². The summed E-state index contributed by atoms with van der Waals surface area (Å²) in [5, 5.41) is 12.5. The zero-order chi connectivity index (χ0) is 14.3. The highest BCUT2D eigenvalue weighted by Crippen LogP contribution is 2.28. The van der Waals surface area contributed by atoms with Gasteiger partial charge in [0.2, 0.25) is 0 Å². The summed E-state index contributed by atoms with van der Waals surface area (Å²) in [4.78, 5) is 0. The van der Waals surface area contributed by atoms with Gasteiger partial charge in [0.15, 0.2) is 0 Å². The number of aliphatic hydroxyl groups is 1. The van der Waals surface area contributed by atoms with E-state index in [2.05, 4.69) is 10.1 Å². The van der Waals surface area contributed by atoms with E-state index in [1.54, 1.807) is 12.1 Å². The fraction of sp³-hybridized carbons (Fsp3) is 0.571. The van der Waals surface area contributed by atoms with Gasteiger partial charge in [0.25, 0.3) is 0 Å². The Balaban J connectivity index is 2.94. The van der Waals surface area contributed by atoms with E-state index in [-0.39, 0.29) is 12.4 Å². The quantitative estimate of drug-likeness (QED) is 0.765. The minimum atomic E-state index is -2.83. The van der Waals surface area contributed by atoms with Crippen molar-refractivity contribution in [3.05, 3.63) is 29.8 Å². The van der Waals surface area contributed by atoms with Crippen LogP contribution in [0.4, 0.5) is 8.78 Å². The molecule has 1 aromatic rings. The first kappa shape index (κ1) is 15.9. The van der Waals surface area contributed by atoms with Crippen molar-refractivity contribution in [3.8, 4) is 5.75 Å². The summed E-state index contributed by atoms with van der Waals surface area (Å²) in [6.45, 7) is 1.97. The highest BCUT2D eigenvalue weighted by Gasteiger charge is 2.25. The third-order valence-electron chi connectivity index (χ3n) is 3.07. The Kier molecular flexibility index (Phi) is 6.18. The molecule has 1 unspecified atom stereocenters. The lowest BCUT2D eigenvalue weighted by molar-refractivity contribution is -0.0499. The Bertz CT molecular complexity index is 387. The molecule has 0 heterocycles. The maximum absolute atomic E-state index is 12.2. The first-order valence-corrected chi connectivity index (χ1v) is 6.43. The molecule has 1 aromatic carbocycles. The second-order valence-corrected chi connectivity index (χ2v) is 4.64. The van der Waals surface area contributed by atoms with Crippen molar-refractivity contribution in [2.45, 2.75) is 38.8 Å². The van der Waals surface area contributed by atoms with Gasteiger partial charge in [-0.25, -0.2) is 0 Å². The van der Waals surface area contributed by atoms with E-state index in [9.17, 15) is 13.9 Å². The summed E-state index contributed by atoms with van der Waals surface area (Å²) in [5.41, 5.74) is 0.375. The summed E-state index contributed by atoms with van der Waals surface area (Å²) >= 11 is 0. The highest BCUT2D eigenvalue weighted by molar-refractivity contribution is 5.33. The van der Waals surface area contributed by atoms with E-state index >= 15 is 0 Å². The first-order valence-electron chi connectivity index (χ1n) is 6.43. The molecule has 3 nitrogen and oxygen atoms in total. The minimum Gasteiger partial charge on any atom is -0.435 e. The molecule has 0 saturated heterocycles. The number of aliphatic hydroxyl groups excluding tert-OH is 1. The topological polar surface area (TPSA) is 41.5 Å². The average Bonchev–Trinajstić information content (AvgIpc) is 2.36. The molecule has 0 aliphatic carbocycles. The summed E-state index contributed by atoms with van der Waals surface area (Å²) in [6, 6.07) is 6.60. The van der Waals surface area contributed by atoms with Crippen molar-refractivity contribution >= 4 is 0 Å². The molecule has 0 amide bonds. The number of hydrogen-bond acceptors (Lipinski definition) is 3. The van der Waals surface area contributed by atoms with Crippen LogP contribution < -0.4 is 10.1 Å². The molecule has 0 radical (unpaired) electrons. The summed E-state index contributed by atoms with van der Waals surface area (Å²) in [7, 11) is 0. The van der Waals surface area contributed by atoms with Crippen LogP contribution in [0.1, 0.15) is 32.3 Å². The molecule has 0 aliphatic heterocycles. The maximum Gasteiger partial charge on any atom is 0.387 e. The van der Waals surface area contributed by atoms with Gasteiger partial charge in [-0.3, -0.25) is 0 Å². The van der Waals surface area contributed by atoms with Gasteiger partial charge in [-0.1, -0.05) is 19.1 Å². The van der Waals surface area contributed by atoms with Crippen LogP contribution in [-0.4, -0.2) is 24.9 Å². The Hall–Kier alpha value is -1.20. The van der Waals surface area contributed by atoms with Gasteiger partial charge >= 0.3 is 6.61 Å². The van der Waals surface area contributed by atoms with Crippen LogP contribution in [0.5, 0.6) is 5.75 Å². The number of benzene rings is 1. The minimum absolute atomic E-state index is 0.0210. The fourth-order valence-electron chi connectivity index (χ4n) is 1.97. The smallest absolute Gasteiger partial charge is 0.387 e. The van der Waals surface area contributed by atoms with Gasteiger partial charge in [-0.05, 0) is 44.0 Å². The van der Waals surface area contributed by atoms with Gasteiger partial charge in [0.1, 0.15) is 5.75 Å². The van der Waals surface area contributed by atoms with Gasteiger partial charge in [0.05, 0.1) is 0 Å². The van der Waals surface area contributed by atoms with Crippen LogP contribution in [0.2, 0.25) is 0 Å². The Morgan fingerprint density at radius 2 is 2.16 bits per heavy atom. The number of alkyl halides is 2. The second kappa shape index (κ2) is 7.40. The number of halogens is 2. The predicted molar refractivity (Wildman–Crippen MR) is 70.4 cm³/mol. The van der Waals surface area contributed by atoms with E-state index in [1.807, 2.05) is 19.9 Å². The van der Waals surface area contributed by atoms with E-state index < -0.39 is 12.2 Å². The lowest BCUT2D eigenvalue weighted by atomic mass is 9.88. The molecule has 0 aliphatic rings. The van der Waals surface area contributed by atoms with Crippen molar-refractivity contribution in [2.75, 3.05) is 13.2 Å². The van der Waals surface area contributed by atoms with Crippen LogP contribution in [-0.2, 0) is 5.54 Å². The molecule has 108 valence electrons. The van der Waals surface area contributed by atoms with Crippen molar-refractivity contribution in [1.82, 2.24) is 5.32 Å². The third-order valence-corrected chi connectivity index (χ3v) is 3.07. The van der Waals surface area contributed by atoms with Crippen molar-refractivity contribution in [2.24, 2.45) is 0 Å². The zero-order valence-electron chi connectivity index (χ0n) is 11.3. The molecule has 19 heavy (non-hydrogen) atoms. The standard InChI is InChI=1S/C14H21F2NO2/c1-3-8-17-14(2,7-9-18)11-5-4-6-12(10-11)19-13(15)16/h4-6,10,13,17-18H,3,7-9H2,1-2H3. The van der Waals surface area contributed by atoms with Gasteiger partial charge in [-0.2, -0.15) is 8.78 Å². The molecule has 0 saturated carbocycles. The van der Waals surface area contributed by atoms with Gasteiger partial charge in [0, 0.05) is 12.1 Å². The Morgan fingerprint density at radius 3 is 2.74 bits per heavy atom. The number of rotatable bonds is 8. The third kappa shape index (κ3) is 4.76. The van der Waals surface area contributed by atoms with Gasteiger partial charge < -0.3 is 15.2 Å². The van der Waals surface area contributed by atoms with Gasteiger partial charge in [-0.15, -0.1) is 0 Å². The van der Waals surface area contributed by atoms with Crippen molar-refractivity contribution < 1.29 is 18.6 Å².